The summed E-state index contributed by atoms with van der Waals surface area (Å²) >= 11 is 0. The Bertz CT molecular complexity index is 925. The number of ether oxygens (including phenoxy) is 3. The summed E-state index contributed by atoms with van der Waals surface area (Å²) < 4.78 is 15.7. The third-order valence-electron chi connectivity index (χ3n) is 5.56. The largest absolute Gasteiger partial charge is 0.504 e. The number of hydrogen-bond donors (Lipinski definition) is 1. The van der Waals surface area contributed by atoms with E-state index >= 15 is 0 Å². The summed E-state index contributed by atoms with van der Waals surface area (Å²) in [5, 5.41) is 21.1. The first-order valence-corrected chi connectivity index (χ1v) is 11.3. The minimum atomic E-state index is -0.493. The Hall–Kier alpha value is -3.29. The number of unbranched alkanes of at least 4 members (excludes halogenated alkanes) is 6. The van der Waals surface area contributed by atoms with Gasteiger partial charge in [0.1, 0.15) is 5.75 Å². The molecule has 33 heavy (non-hydrogen) atoms. The van der Waals surface area contributed by atoms with E-state index in [1.54, 1.807) is 7.11 Å². The number of esters is 1. The van der Waals surface area contributed by atoms with E-state index in [4.69, 9.17) is 14.2 Å². The van der Waals surface area contributed by atoms with Crippen LogP contribution in [0.15, 0.2) is 30.3 Å². The maximum absolute atomic E-state index is 11.9. The second-order valence-electron chi connectivity index (χ2n) is 7.96. The van der Waals surface area contributed by atoms with Gasteiger partial charge in [0.05, 0.1) is 19.1 Å². The molecule has 180 valence electrons. The van der Waals surface area contributed by atoms with Crippen molar-refractivity contribution in [2.24, 2.45) is 0 Å². The zero-order valence-electron chi connectivity index (χ0n) is 19.6. The zero-order chi connectivity index (χ0) is 24.2. The van der Waals surface area contributed by atoms with Crippen LogP contribution in [0.2, 0.25) is 0 Å². The van der Waals surface area contributed by atoms with Crippen molar-refractivity contribution in [1.29, 1.82) is 0 Å². The topological polar surface area (TPSA) is 108 Å². The lowest BCUT2D eigenvalue weighted by Crippen LogP contribution is -2.07. The first kappa shape index (κ1) is 26.0. The number of methoxy groups -OCH3 is 2. The highest BCUT2D eigenvalue weighted by atomic mass is 16.6. The summed E-state index contributed by atoms with van der Waals surface area (Å²) in [5.41, 5.74) is 1.86. The molecule has 1 N–H and O–H groups in total. The van der Waals surface area contributed by atoms with E-state index in [0.29, 0.717) is 23.7 Å². The molecule has 2 aromatic rings. The minimum Gasteiger partial charge on any atom is -0.504 e. The van der Waals surface area contributed by atoms with Crippen molar-refractivity contribution >= 4 is 11.7 Å². The standard InChI is InChI=1S/C25H33NO7/c1-18-17-22(31-2)25(32-3)24(28)21(18)11-9-7-5-4-6-8-10-12-23(27)33-20-15-13-19(14-16-20)26(29)30/h13-17,28H,4-12H2,1-3H3. The summed E-state index contributed by atoms with van der Waals surface area (Å²) in [7, 11) is 3.07. The van der Waals surface area contributed by atoms with Gasteiger partial charge in [-0.25, -0.2) is 0 Å². The fourth-order valence-corrected chi connectivity index (χ4v) is 3.73. The second-order valence-corrected chi connectivity index (χ2v) is 7.96. The number of carbonyl (C=O) groups is 1. The zero-order valence-corrected chi connectivity index (χ0v) is 19.6. The van der Waals surface area contributed by atoms with E-state index in [0.717, 1.165) is 62.5 Å². The molecule has 8 heteroatoms. The summed E-state index contributed by atoms with van der Waals surface area (Å²) in [6.07, 6.45) is 8.09. The molecule has 0 saturated heterocycles. The molecule has 0 unspecified atom stereocenters. The van der Waals surface area contributed by atoms with Crippen molar-refractivity contribution in [1.82, 2.24) is 0 Å². The van der Waals surface area contributed by atoms with Crippen LogP contribution in [0, 0.1) is 17.0 Å². The van der Waals surface area contributed by atoms with Crippen LogP contribution >= 0.6 is 0 Å². The predicted molar refractivity (Wildman–Crippen MR) is 125 cm³/mol. The molecule has 0 aliphatic heterocycles. The molecule has 0 amide bonds. The van der Waals surface area contributed by atoms with Gasteiger partial charge < -0.3 is 19.3 Å². The molecule has 0 saturated carbocycles. The smallest absolute Gasteiger partial charge is 0.311 e. The van der Waals surface area contributed by atoms with E-state index in [1.165, 1.54) is 31.4 Å². The van der Waals surface area contributed by atoms with E-state index in [1.807, 2.05) is 13.0 Å². The highest BCUT2D eigenvalue weighted by Gasteiger charge is 2.16. The molecule has 0 aliphatic rings. The number of phenolic OH excluding ortho intramolecular Hbond substituents is 1. The summed E-state index contributed by atoms with van der Waals surface area (Å²) in [5.74, 6) is 1.07. The SMILES string of the molecule is COc1cc(C)c(CCCCCCCCCC(=O)Oc2ccc([N+](=O)[O-])cc2)c(O)c1OC. The van der Waals surface area contributed by atoms with Crippen LogP contribution in [0.4, 0.5) is 5.69 Å². The number of phenols is 1. The molecule has 0 spiro atoms. The third kappa shape index (κ3) is 7.97. The Morgan fingerprint density at radius 3 is 2.15 bits per heavy atom. The van der Waals surface area contributed by atoms with Crippen LogP contribution in [0.1, 0.15) is 62.5 Å². The van der Waals surface area contributed by atoms with Gasteiger partial charge in [0.25, 0.3) is 5.69 Å². The number of carbonyl (C=O) groups excluding carboxylic acids is 1. The highest BCUT2D eigenvalue weighted by molar-refractivity contribution is 5.72. The van der Waals surface area contributed by atoms with Crippen molar-refractivity contribution < 1.29 is 29.0 Å². The molecule has 0 aliphatic carbocycles. The van der Waals surface area contributed by atoms with Crippen LogP contribution in [0.25, 0.3) is 0 Å². The van der Waals surface area contributed by atoms with Crippen molar-refractivity contribution in [3.05, 3.63) is 51.6 Å². The molecule has 0 fully saturated rings. The Labute approximate surface area is 194 Å². The van der Waals surface area contributed by atoms with Crippen molar-refractivity contribution in [2.45, 2.75) is 64.7 Å². The number of non-ortho nitro benzene ring substituents is 1. The Morgan fingerprint density at radius 1 is 0.970 bits per heavy atom. The van der Waals surface area contributed by atoms with Gasteiger partial charge >= 0.3 is 5.97 Å². The molecule has 0 radical (unpaired) electrons. The molecule has 0 aromatic heterocycles. The van der Waals surface area contributed by atoms with Gasteiger partial charge in [0.15, 0.2) is 11.5 Å². The van der Waals surface area contributed by atoms with Crippen LogP contribution in [0.5, 0.6) is 23.0 Å². The number of benzene rings is 2. The number of aryl methyl sites for hydroxylation is 1. The second kappa shape index (κ2) is 13.3. The molecule has 0 bridgehead atoms. The molecular weight excluding hydrogens is 426 g/mol. The van der Waals surface area contributed by atoms with Crippen LogP contribution < -0.4 is 14.2 Å². The van der Waals surface area contributed by atoms with E-state index in [-0.39, 0.29) is 17.4 Å². The maximum atomic E-state index is 11.9. The van der Waals surface area contributed by atoms with Crippen molar-refractivity contribution in [3.63, 3.8) is 0 Å². The molecule has 2 aromatic carbocycles. The normalized spacial score (nSPS) is 10.6. The first-order chi connectivity index (χ1) is 15.9. The van der Waals surface area contributed by atoms with Crippen molar-refractivity contribution in [2.75, 3.05) is 14.2 Å². The quantitative estimate of drug-likeness (QED) is 0.123. The Kier molecular flexibility index (Phi) is 10.5. The Balaban J connectivity index is 1.58. The number of rotatable bonds is 14. The van der Waals surface area contributed by atoms with E-state index in [9.17, 15) is 20.0 Å². The first-order valence-electron chi connectivity index (χ1n) is 11.3. The average molecular weight is 460 g/mol. The molecule has 8 nitrogen and oxygen atoms in total. The number of aromatic hydroxyl groups is 1. The van der Waals surface area contributed by atoms with Gasteiger partial charge in [-0.2, -0.15) is 0 Å². The summed E-state index contributed by atoms with van der Waals surface area (Å²) in [6, 6.07) is 7.38. The predicted octanol–water partition coefficient (Wildman–Crippen LogP) is 5.89. The fourth-order valence-electron chi connectivity index (χ4n) is 3.73. The van der Waals surface area contributed by atoms with Gasteiger partial charge in [0, 0.05) is 24.1 Å². The van der Waals surface area contributed by atoms with E-state index in [2.05, 4.69) is 0 Å². The van der Waals surface area contributed by atoms with Crippen molar-refractivity contribution in [3.8, 4) is 23.0 Å². The van der Waals surface area contributed by atoms with E-state index < -0.39 is 4.92 Å². The lowest BCUT2D eigenvalue weighted by molar-refractivity contribution is -0.384. The monoisotopic (exact) mass is 459 g/mol. The number of hydrogen-bond acceptors (Lipinski definition) is 7. The van der Waals surface area contributed by atoms with Crippen LogP contribution in [0.3, 0.4) is 0 Å². The molecule has 2 rings (SSSR count). The van der Waals surface area contributed by atoms with Gasteiger partial charge in [-0.05, 0) is 49.9 Å². The highest BCUT2D eigenvalue weighted by Crippen LogP contribution is 2.41. The average Bonchev–Trinajstić information content (AvgIpc) is 2.79. The van der Waals surface area contributed by atoms with Crippen LogP contribution in [-0.2, 0) is 11.2 Å². The number of nitro benzene ring substituents is 1. The summed E-state index contributed by atoms with van der Waals surface area (Å²) in [4.78, 5) is 22.0. The van der Waals surface area contributed by atoms with Gasteiger partial charge in [-0.15, -0.1) is 0 Å². The van der Waals surface area contributed by atoms with Gasteiger partial charge in [-0.3, -0.25) is 14.9 Å². The lowest BCUT2D eigenvalue weighted by Gasteiger charge is -2.15. The Morgan fingerprint density at radius 2 is 1.58 bits per heavy atom. The molecule has 0 atom stereocenters. The fraction of sp³-hybridized carbons (Fsp3) is 0.480. The molecule has 0 heterocycles. The number of nitrogens with zero attached hydrogens (tertiary/aromatic N) is 1. The molecular formula is C25H33NO7. The van der Waals surface area contributed by atoms with Crippen LogP contribution in [-0.4, -0.2) is 30.2 Å². The third-order valence-corrected chi connectivity index (χ3v) is 5.56. The number of nitro groups is 1. The maximum Gasteiger partial charge on any atom is 0.311 e. The van der Waals surface area contributed by atoms with Gasteiger partial charge in [-0.1, -0.05) is 32.1 Å². The minimum absolute atomic E-state index is 0.0366. The lowest BCUT2D eigenvalue weighted by atomic mass is 9.99. The summed E-state index contributed by atoms with van der Waals surface area (Å²) in [6.45, 7) is 1.96. The van der Waals surface area contributed by atoms with Gasteiger partial charge in [0.2, 0.25) is 5.75 Å².